The molecule has 0 fully saturated rings. The van der Waals surface area contributed by atoms with Crippen molar-refractivity contribution >= 4 is 23.3 Å². The van der Waals surface area contributed by atoms with Gasteiger partial charge in [0.05, 0.1) is 17.2 Å². The van der Waals surface area contributed by atoms with Gasteiger partial charge in [-0.3, -0.25) is 4.79 Å². The number of benzene rings is 1. The summed E-state index contributed by atoms with van der Waals surface area (Å²) in [4.78, 5) is 16.3. The van der Waals surface area contributed by atoms with Gasteiger partial charge in [-0.25, -0.2) is 4.98 Å². The van der Waals surface area contributed by atoms with Crippen LogP contribution in [-0.2, 0) is 16.8 Å². The molecule has 2 aromatic rings. The van der Waals surface area contributed by atoms with Crippen LogP contribution in [0.3, 0.4) is 0 Å². The lowest BCUT2D eigenvalue weighted by Crippen LogP contribution is -2.42. The Morgan fingerprint density at radius 1 is 1.48 bits per heavy atom. The van der Waals surface area contributed by atoms with Gasteiger partial charge in [-0.15, -0.1) is 11.3 Å². The molecule has 5 heteroatoms. The number of aromatic nitrogens is 1. The van der Waals surface area contributed by atoms with E-state index in [2.05, 4.69) is 10.3 Å². The molecule has 23 heavy (non-hydrogen) atoms. The first kappa shape index (κ1) is 15.9. The third-order valence-corrected chi connectivity index (χ3v) is 4.94. The molecule has 1 atom stereocenters. The molecule has 0 aliphatic heterocycles. The van der Waals surface area contributed by atoms with Crippen LogP contribution >= 0.6 is 11.3 Å². The van der Waals surface area contributed by atoms with Crippen molar-refractivity contribution in [2.24, 2.45) is 0 Å². The Balaban J connectivity index is 1.64. The molecule has 0 saturated heterocycles. The Bertz CT molecular complexity index is 738. The van der Waals surface area contributed by atoms with Gasteiger partial charge in [-0.05, 0) is 43.4 Å². The van der Waals surface area contributed by atoms with Crippen LogP contribution in [0.2, 0.25) is 0 Å². The third-order valence-electron chi connectivity index (χ3n) is 4.15. The van der Waals surface area contributed by atoms with Gasteiger partial charge in [0, 0.05) is 11.5 Å². The van der Waals surface area contributed by atoms with Gasteiger partial charge in [-0.2, -0.15) is 0 Å². The van der Waals surface area contributed by atoms with E-state index in [1.165, 1.54) is 11.6 Å². The minimum absolute atomic E-state index is 0.216. The van der Waals surface area contributed by atoms with Crippen molar-refractivity contribution < 1.29 is 9.90 Å². The number of carbonyl (C=O) groups is 1. The number of carbonyl (C=O) groups excluding carboxylic acids is 1. The van der Waals surface area contributed by atoms with E-state index in [0.717, 1.165) is 29.1 Å². The zero-order valence-electron chi connectivity index (χ0n) is 13.1. The molecule has 0 saturated carbocycles. The monoisotopic (exact) mass is 328 g/mol. The summed E-state index contributed by atoms with van der Waals surface area (Å²) in [7, 11) is 0. The summed E-state index contributed by atoms with van der Waals surface area (Å²) < 4.78 is 0. The van der Waals surface area contributed by atoms with Gasteiger partial charge in [0.15, 0.2) is 0 Å². The van der Waals surface area contributed by atoms with E-state index in [4.69, 9.17) is 0 Å². The highest BCUT2D eigenvalue weighted by molar-refractivity contribution is 7.09. The van der Waals surface area contributed by atoms with Crippen LogP contribution in [0.25, 0.3) is 6.08 Å². The number of rotatable bonds is 4. The molecule has 0 radical (unpaired) electrons. The smallest absolute Gasteiger partial charge is 0.244 e. The molecule has 1 aromatic heterocycles. The zero-order chi connectivity index (χ0) is 16.3. The molecule has 0 unspecified atom stereocenters. The summed E-state index contributed by atoms with van der Waals surface area (Å²) in [6.45, 7) is 2.15. The van der Waals surface area contributed by atoms with E-state index in [1.807, 2.05) is 36.6 Å². The van der Waals surface area contributed by atoms with Gasteiger partial charge in [0.2, 0.25) is 5.91 Å². The van der Waals surface area contributed by atoms with Gasteiger partial charge < -0.3 is 10.4 Å². The summed E-state index contributed by atoms with van der Waals surface area (Å²) in [6, 6.07) is 7.92. The van der Waals surface area contributed by atoms with E-state index >= 15 is 0 Å². The Labute approximate surface area is 139 Å². The molecular formula is C18H20N2O2S. The summed E-state index contributed by atoms with van der Waals surface area (Å²) in [6.07, 6.45) is 5.73. The number of hydrogen-bond acceptors (Lipinski definition) is 4. The number of fused-ring (bicyclic) bond motifs is 1. The molecule has 120 valence electrons. The SMILES string of the molecule is Cc1nc(/C=C\C(=O)NC[C@@]2(O)CCCc3ccccc32)cs1. The van der Waals surface area contributed by atoms with Gasteiger partial charge in [-0.1, -0.05) is 24.3 Å². The van der Waals surface area contributed by atoms with E-state index in [0.29, 0.717) is 6.42 Å². The fourth-order valence-corrected chi connectivity index (χ4v) is 3.57. The second-order valence-corrected chi connectivity index (χ2v) is 6.95. The highest BCUT2D eigenvalue weighted by atomic mass is 32.1. The second kappa shape index (κ2) is 6.64. The maximum atomic E-state index is 12.0. The maximum absolute atomic E-state index is 12.0. The highest BCUT2D eigenvalue weighted by Crippen LogP contribution is 2.34. The normalized spacial score (nSPS) is 20.4. The third kappa shape index (κ3) is 3.68. The molecule has 4 nitrogen and oxygen atoms in total. The summed E-state index contributed by atoms with van der Waals surface area (Å²) in [5.41, 5.74) is 1.91. The molecular weight excluding hydrogens is 308 g/mol. The first-order valence-electron chi connectivity index (χ1n) is 7.76. The fourth-order valence-electron chi connectivity index (χ4n) is 2.99. The van der Waals surface area contributed by atoms with Crippen LogP contribution in [0.15, 0.2) is 35.7 Å². The quantitative estimate of drug-likeness (QED) is 0.849. The number of amides is 1. The van der Waals surface area contributed by atoms with E-state index < -0.39 is 5.60 Å². The molecule has 1 aliphatic rings. The predicted molar refractivity (Wildman–Crippen MR) is 92.2 cm³/mol. The fraction of sp³-hybridized carbons (Fsp3) is 0.333. The predicted octanol–water partition coefficient (Wildman–Crippen LogP) is 2.81. The van der Waals surface area contributed by atoms with Crippen LogP contribution < -0.4 is 5.32 Å². The van der Waals surface area contributed by atoms with Gasteiger partial charge >= 0.3 is 0 Å². The average molecular weight is 328 g/mol. The zero-order valence-corrected chi connectivity index (χ0v) is 13.9. The standard InChI is InChI=1S/C18H20N2O2S/c1-13-20-15(11-23-13)8-9-17(21)19-12-18(22)10-4-6-14-5-2-3-7-16(14)18/h2-3,5,7-9,11,22H,4,6,10,12H2,1H3,(H,19,21)/b9-8-/t18-/m0/s1. The summed E-state index contributed by atoms with van der Waals surface area (Å²) >= 11 is 1.55. The number of nitrogens with zero attached hydrogens (tertiary/aromatic N) is 1. The first-order valence-corrected chi connectivity index (χ1v) is 8.64. The molecule has 1 aromatic carbocycles. The molecule has 3 rings (SSSR count). The molecule has 0 spiro atoms. The first-order chi connectivity index (χ1) is 11.1. The van der Waals surface area contributed by atoms with Crippen molar-refractivity contribution in [1.82, 2.24) is 10.3 Å². The van der Waals surface area contributed by atoms with E-state index in [9.17, 15) is 9.90 Å². The molecule has 1 heterocycles. The van der Waals surface area contributed by atoms with Crippen LogP contribution in [0.5, 0.6) is 0 Å². The topological polar surface area (TPSA) is 62.2 Å². The van der Waals surface area contributed by atoms with Crippen molar-refractivity contribution in [2.45, 2.75) is 31.8 Å². The number of aliphatic hydroxyl groups is 1. The Kier molecular flexibility index (Phi) is 4.59. The lowest BCUT2D eigenvalue weighted by Gasteiger charge is -2.34. The Morgan fingerprint density at radius 2 is 2.30 bits per heavy atom. The Morgan fingerprint density at radius 3 is 3.09 bits per heavy atom. The number of nitrogens with one attached hydrogen (secondary N) is 1. The van der Waals surface area contributed by atoms with Crippen molar-refractivity contribution in [3.63, 3.8) is 0 Å². The van der Waals surface area contributed by atoms with Crippen LogP contribution in [0, 0.1) is 6.92 Å². The van der Waals surface area contributed by atoms with Crippen LogP contribution in [-0.4, -0.2) is 22.5 Å². The van der Waals surface area contributed by atoms with Crippen LogP contribution in [0.4, 0.5) is 0 Å². The second-order valence-electron chi connectivity index (χ2n) is 5.88. The highest BCUT2D eigenvalue weighted by Gasteiger charge is 2.34. The summed E-state index contributed by atoms with van der Waals surface area (Å²) in [5.74, 6) is -0.216. The van der Waals surface area contributed by atoms with Crippen molar-refractivity contribution in [2.75, 3.05) is 6.54 Å². The van der Waals surface area contributed by atoms with Gasteiger partial charge in [0.1, 0.15) is 5.60 Å². The number of thiazole rings is 1. The lowest BCUT2D eigenvalue weighted by molar-refractivity contribution is -0.118. The lowest BCUT2D eigenvalue weighted by atomic mass is 9.79. The largest absolute Gasteiger partial charge is 0.383 e. The van der Waals surface area contributed by atoms with Crippen molar-refractivity contribution in [3.05, 3.63) is 57.6 Å². The number of hydrogen-bond donors (Lipinski definition) is 2. The van der Waals surface area contributed by atoms with Crippen LogP contribution in [0.1, 0.15) is 34.7 Å². The molecule has 1 amide bonds. The molecule has 0 bridgehead atoms. The number of aryl methyl sites for hydroxylation is 2. The summed E-state index contributed by atoms with van der Waals surface area (Å²) in [5, 5.41) is 16.6. The van der Waals surface area contributed by atoms with E-state index in [1.54, 1.807) is 17.4 Å². The maximum Gasteiger partial charge on any atom is 0.244 e. The minimum atomic E-state index is -0.977. The van der Waals surface area contributed by atoms with Crippen molar-refractivity contribution in [3.8, 4) is 0 Å². The minimum Gasteiger partial charge on any atom is -0.383 e. The molecule has 2 N–H and O–H groups in total. The van der Waals surface area contributed by atoms with Crippen molar-refractivity contribution in [1.29, 1.82) is 0 Å². The van der Waals surface area contributed by atoms with E-state index in [-0.39, 0.29) is 12.5 Å². The Hall–Kier alpha value is -1.98. The average Bonchev–Trinajstić information content (AvgIpc) is 2.97. The van der Waals surface area contributed by atoms with Gasteiger partial charge in [0.25, 0.3) is 0 Å². The molecule has 1 aliphatic carbocycles.